The fraction of sp³-hybridized carbons (Fsp3) is 0.750. The third-order valence-corrected chi connectivity index (χ3v) is 2.28. The maximum absolute atomic E-state index is 11.9. The Morgan fingerprint density at radius 2 is 1.74 bits per heavy atom. The van der Waals surface area contributed by atoms with Crippen LogP contribution in [0.2, 0.25) is 0 Å². The fourth-order valence-electron chi connectivity index (χ4n) is 1.25. The quantitative estimate of drug-likeness (QED) is 0.789. The summed E-state index contributed by atoms with van der Waals surface area (Å²) in [7, 11) is 1.45. The highest BCUT2D eigenvalue weighted by atomic mass is 32.1. The van der Waals surface area contributed by atoms with Crippen LogP contribution >= 0.6 is 12.6 Å². The van der Waals surface area contributed by atoms with E-state index in [1.54, 1.807) is 20.8 Å². The Morgan fingerprint density at radius 1 is 1.21 bits per heavy atom. The first-order chi connectivity index (χ1) is 8.58. The molecule has 0 rings (SSSR count). The first kappa shape index (κ1) is 17.8. The summed E-state index contributed by atoms with van der Waals surface area (Å²) in [6.07, 6.45) is -0.602. The molecule has 19 heavy (non-hydrogen) atoms. The van der Waals surface area contributed by atoms with Gasteiger partial charge in [0.15, 0.2) is 0 Å². The summed E-state index contributed by atoms with van der Waals surface area (Å²) < 4.78 is 5.12. The molecule has 0 spiro atoms. The number of nitrogens with zero attached hydrogens (tertiary/aromatic N) is 2. The Morgan fingerprint density at radius 3 is 2.11 bits per heavy atom. The topological polar surface area (TPSA) is 66.9 Å². The van der Waals surface area contributed by atoms with E-state index in [0.29, 0.717) is 5.75 Å². The zero-order valence-corrected chi connectivity index (χ0v) is 13.0. The van der Waals surface area contributed by atoms with Gasteiger partial charge in [0.05, 0.1) is 0 Å². The molecule has 0 aliphatic rings. The molecular formula is C12H22N2O4S. The molecule has 0 aromatic rings. The molecule has 0 aliphatic heterocycles. The van der Waals surface area contributed by atoms with Crippen LogP contribution in [0.5, 0.6) is 0 Å². The second-order valence-electron chi connectivity index (χ2n) is 5.12. The second kappa shape index (κ2) is 7.37. The van der Waals surface area contributed by atoms with Gasteiger partial charge in [-0.05, 0) is 20.8 Å². The van der Waals surface area contributed by atoms with Crippen molar-refractivity contribution >= 4 is 30.5 Å². The number of carbonyl (C=O) groups excluding carboxylic acids is 3. The molecule has 0 bridgehead atoms. The van der Waals surface area contributed by atoms with Gasteiger partial charge in [-0.15, -0.1) is 0 Å². The monoisotopic (exact) mass is 290 g/mol. The molecule has 6 nitrogen and oxygen atoms in total. The molecule has 0 aromatic carbocycles. The van der Waals surface area contributed by atoms with Gasteiger partial charge < -0.3 is 9.64 Å². The van der Waals surface area contributed by atoms with Crippen LogP contribution in [-0.2, 0) is 14.3 Å². The molecule has 3 amide bonds. The van der Waals surface area contributed by atoms with Gasteiger partial charge >= 0.3 is 6.09 Å². The summed E-state index contributed by atoms with van der Waals surface area (Å²) >= 11 is 3.99. The van der Waals surface area contributed by atoms with Gasteiger partial charge in [0.1, 0.15) is 12.1 Å². The van der Waals surface area contributed by atoms with Gasteiger partial charge in [0.25, 0.3) is 0 Å². The third kappa shape index (κ3) is 7.05. The van der Waals surface area contributed by atoms with E-state index in [2.05, 4.69) is 12.6 Å². The van der Waals surface area contributed by atoms with Crippen molar-refractivity contribution in [3.8, 4) is 0 Å². The van der Waals surface area contributed by atoms with Crippen molar-refractivity contribution in [2.75, 3.05) is 25.9 Å². The lowest BCUT2D eigenvalue weighted by atomic mass is 10.2. The Kier molecular flexibility index (Phi) is 6.89. The lowest BCUT2D eigenvalue weighted by Gasteiger charge is -2.26. The summed E-state index contributed by atoms with van der Waals surface area (Å²) in [4.78, 5) is 37.1. The van der Waals surface area contributed by atoms with Gasteiger partial charge in [-0.25, -0.2) is 4.79 Å². The molecule has 0 N–H and O–H groups in total. The molecule has 110 valence electrons. The Bertz CT molecular complexity index is 352. The number of ether oxygens (including phenoxy) is 1. The van der Waals surface area contributed by atoms with Gasteiger partial charge in [-0.3, -0.25) is 14.5 Å². The maximum Gasteiger partial charge on any atom is 0.410 e. The number of hydrogen-bond donors (Lipinski definition) is 1. The molecule has 0 saturated carbocycles. The molecule has 0 aliphatic carbocycles. The zero-order chi connectivity index (χ0) is 15.2. The molecule has 7 heteroatoms. The van der Waals surface area contributed by atoms with Crippen molar-refractivity contribution in [2.24, 2.45) is 0 Å². The third-order valence-electron chi connectivity index (χ3n) is 2.08. The number of amides is 3. The van der Waals surface area contributed by atoms with E-state index < -0.39 is 17.6 Å². The molecule has 0 saturated heterocycles. The Balaban J connectivity index is 4.53. The van der Waals surface area contributed by atoms with Crippen LogP contribution in [0.3, 0.4) is 0 Å². The largest absolute Gasteiger partial charge is 0.444 e. The molecule has 0 aromatic heterocycles. The lowest BCUT2D eigenvalue weighted by Crippen LogP contribution is -2.45. The minimum absolute atomic E-state index is 0.206. The van der Waals surface area contributed by atoms with Crippen LogP contribution in [-0.4, -0.2) is 59.2 Å². The predicted molar refractivity (Wildman–Crippen MR) is 75.1 cm³/mol. The van der Waals surface area contributed by atoms with E-state index in [1.807, 2.05) is 0 Å². The summed E-state index contributed by atoms with van der Waals surface area (Å²) in [5.74, 6) is -0.437. The van der Waals surface area contributed by atoms with Gasteiger partial charge in [-0.2, -0.15) is 12.6 Å². The van der Waals surface area contributed by atoms with Gasteiger partial charge in [0, 0.05) is 26.3 Å². The molecule has 0 fully saturated rings. The predicted octanol–water partition coefficient (Wildman–Crippen LogP) is 1.16. The minimum Gasteiger partial charge on any atom is -0.444 e. The standard InChI is InChI=1S/C12H22N2O4S/c1-9(15)14(6-7-19)10(16)8-13(5)11(17)18-12(2,3)4/h19H,6-8H2,1-5H3. The van der Waals surface area contributed by atoms with Crippen molar-refractivity contribution in [3.63, 3.8) is 0 Å². The molecular weight excluding hydrogens is 268 g/mol. The molecule has 0 atom stereocenters. The van der Waals surface area contributed by atoms with E-state index in [4.69, 9.17) is 4.74 Å². The van der Waals surface area contributed by atoms with Crippen molar-refractivity contribution in [1.82, 2.24) is 9.80 Å². The zero-order valence-electron chi connectivity index (χ0n) is 12.1. The normalized spacial score (nSPS) is 10.8. The summed E-state index contributed by atoms with van der Waals surface area (Å²) in [6.45, 7) is 6.53. The number of hydrogen-bond acceptors (Lipinski definition) is 5. The lowest BCUT2D eigenvalue weighted by molar-refractivity contribution is -0.143. The highest BCUT2D eigenvalue weighted by Gasteiger charge is 2.24. The summed E-state index contributed by atoms with van der Waals surface area (Å²) in [6, 6.07) is 0. The molecule has 0 unspecified atom stereocenters. The van der Waals surface area contributed by atoms with E-state index >= 15 is 0 Å². The summed E-state index contributed by atoms with van der Waals surface area (Å²) in [5.41, 5.74) is -0.625. The van der Waals surface area contributed by atoms with Crippen LogP contribution in [0.1, 0.15) is 27.7 Å². The maximum atomic E-state index is 11.9. The smallest absolute Gasteiger partial charge is 0.410 e. The van der Waals surface area contributed by atoms with Crippen LogP contribution in [0.15, 0.2) is 0 Å². The second-order valence-corrected chi connectivity index (χ2v) is 5.57. The van der Waals surface area contributed by atoms with E-state index in [1.165, 1.54) is 14.0 Å². The number of likely N-dealkylation sites (N-methyl/N-ethyl adjacent to an activating group) is 1. The first-order valence-corrected chi connectivity index (χ1v) is 6.57. The first-order valence-electron chi connectivity index (χ1n) is 5.94. The number of rotatable bonds is 4. The average molecular weight is 290 g/mol. The fourth-order valence-corrected chi connectivity index (χ4v) is 1.45. The van der Waals surface area contributed by atoms with E-state index in [9.17, 15) is 14.4 Å². The number of imide groups is 1. The van der Waals surface area contributed by atoms with E-state index in [0.717, 1.165) is 9.80 Å². The molecule has 0 radical (unpaired) electrons. The van der Waals surface area contributed by atoms with Crippen molar-refractivity contribution in [3.05, 3.63) is 0 Å². The van der Waals surface area contributed by atoms with Crippen molar-refractivity contribution in [1.29, 1.82) is 0 Å². The average Bonchev–Trinajstić information content (AvgIpc) is 2.22. The van der Waals surface area contributed by atoms with Crippen LogP contribution in [0.4, 0.5) is 4.79 Å². The summed E-state index contributed by atoms with van der Waals surface area (Å²) in [5, 5.41) is 0. The Labute approximate surface area is 119 Å². The Hall–Kier alpha value is -1.24. The van der Waals surface area contributed by atoms with Crippen molar-refractivity contribution in [2.45, 2.75) is 33.3 Å². The SMILES string of the molecule is CC(=O)N(CCS)C(=O)CN(C)C(=O)OC(C)(C)C. The van der Waals surface area contributed by atoms with Crippen LogP contribution in [0, 0.1) is 0 Å². The minimum atomic E-state index is -0.625. The van der Waals surface area contributed by atoms with Crippen molar-refractivity contribution < 1.29 is 19.1 Å². The number of carbonyl (C=O) groups is 3. The highest BCUT2D eigenvalue weighted by molar-refractivity contribution is 7.80. The molecule has 0 heterocycles. The van der Waals surface area contributed by atoms with E-state index in [-0.39, 0.29) is 19.0 Å². The van der Waals surface area contributed by atoms with Crippen LogP contribution < -0.4 is 0 Å². The van der Waals surface area contributed by atoms with Gasteiger partial charge in [0.2, 0.25) is 11.8 Å². The number of thiol groups is 1. The van der Waals surface area contributed by atoms with Gasteiger partial charge in [-0.1, -0.05) is 0 Å². The highest BCUT2D eigenvalue weighted by Crippen LogP contribution is 2.09. The van der Waals surface area contributed by atoms with Crippen LogP contribution in [0.25, 0.3) is 0 Å².